The van der Waals surface area contributed by atoms with Gasteiger partial charge in [-0.15, -0.1) is 0 Å². The molecule has 1 atom stereocenters. The van der Waals surface area contributed by atoms with Crippen molar-refractivity contribution in [3.63, 3.8) is 0 Å². The molecule has 0 bridgehead atoms. The van der Waals surface area contributed by atoms with Crippen LogP contribution in [0.1, 0.15) is 47.2 Å². The van der Waals surface area contributed by atoms with Crippen LogP contribution in [0.15, 0.2) is 48.8 Å². The average molecular weight is 406 g/mol. The number of aromatic nitrogens is 3. The molecule has 0 radical (unpaired) electrons. The third-order valence-corrected chi connectivity index (χ3v) is 5.91. The van der Waals surface area contributed by atoms with E-state index in [0.29, 0.717) is 24.5 Å². The van der Waals surface area contributed by atoms with E-state index < -0.39 is 0 Å². The van der Waals surface area contributed by atoms with Gasteiger partial charge in [0.25, 0.3) is 11.8 Å². The highest BCUT2D eigenvalue weighted by molar-refractivity contribution is 6.05. The molecule has 0 saturated carbocycles. The number of hydrogen-bond acceptors (Lipinski definition) is 4. The minimum atomic E-state index is -0.0711. The lowest BCUT2D eigenvalue weighted by molar-refractivity contribution is 0.0705. The van der Waals surface area contributed by atoms with Crippen molar-refractivity contribution in [2.75, 3.05) is 20.1 Å². The second-order valence-electron chi connectivity index (χ2n) is 7.73. The minimum Gasteiger partial charge on any atom is -0.337 e. The molecule has 4 rings (SSSR count). The van der Waals surface area contributed by atoms with E-state index in [1.807, 2.05) is 55.4 Å². The molecule has 3 aromatic rings. The van der Waals surface area contributed by atoms with Crippen molar-refractivity contribution in [2.24, 2.45) is 0 Å². The number of pyridine rings is 1. The van der Waals surface area contributed by atoms with Gasteiger partial charge >= 0.3 is 0 Å². The van der Waals surface area contributed by atoms with Crippen molar-refractivity contribution >= 4 is 22.6 Å². The van der Waals surface area contributed by atoms with Crippen molar-refractivity contribution in [2.45, 2.75) is 38.8 Å². The first-order valence-electron chi connectivity index (χ1n) is 10.5. The Morgan fingerprint density at radius 3 is 2.77 bits per heavy atom. The summed E-state index contributed by atoms with van der Waals surface area (Å²) in [6.45, 7) is 4.03. The fourth-order valence-corrected chi connectivity index (χ4v) is 4.11. The van der Waals surface area contributed by atoms with E-state index in [-0.39, 0.29) is 17.9 Å². The molecule has 1 aliphatic heterocycles. The summed E-state index contributed by atoms with van der Waals surface area (Å²) in [5.74, 6) is -0.106. The van der Waals surface area contributed by atoms with E-state index in [2.05, 4.69) is 10.1 Å². The van der Waals surface area contributed by atoms with Crippen LogP contribution in [0, 0.1) is 0 Å². The molecular weight excluding hydrogens is 378 g/mol. The smallest absolute Gasteiger partial charge is 0.274 e. The second-order valence-corrected chi connectivity index (χ2v) is 7.73. The van der Waals surface area contributed by atoms with Gasteiger partial charge in [-0.2, -0.15) is 5.10 Å². The van der Waals surface area contributed by atoms with Gasteiger partial charge in [-0.3, -0.25) is 19.3 Å². The van der Waals surface area contributed by atoms with Gasteiger partial charge in [0.15, 0.2) is 0 Å². The highest BCUT2D eigenvalue weighted by atomic mass is 16.2. The average Bonchev–Trinajstić information content (AvgIpc) is 3.14. The normalized spacial score (nSPS) is 17.0. The number of carbonyl (C=O) groups is 2. The van der Waals surface area contributed by atoms with Crippen LogP contribution in [0.4, 0.5) is 0 Å². The number of likely N-dealkylation sites (tertiary alicyclic amines) is 1. The Hall–Kier alpha value is -3.22. The molecule has 1 saturated heterocycles. The lowest BCUT2D eigenvalue weighted by Crippen LogP contribution is -2.39. The summed E-state index contributed by atoms with van der Waals surface area (Å²) in [4.78, 5) is 34.1. The predicted octanol–water partition coefficient (Wildman–Crippen LogP) is 3.22. The summed E-state index contributed by atoms with van der Waals surface area (Å²) in [6.07, 6.45) is 5.97. The highest BCUT2D eigenvalue weighted by Gasteiger charge is 2.28. The second kappa shape index (κ2) is 8.65. The Morgan fingerprint density at radius 2 is 1.97 bits per heavy atom. The van der Waals surface area contributed by atoms with E-state index >= 15 is 0 Å². The number of hydrogen-bond donors (Lipinski definition) is 0. The van der Waals surface area contributed by atoms with Gasteiger partial charge in [0.05, 0.1) is 0 Å². The molecule has 0 spiro atoms. The largest absolute Gasteiger partial charge is 0.337 e. The van der Waals surface area contributed by atoms with E-state index in [0.717, 1.165) is 36.6 Å². The highest BCUT2D eigenvalue weighted by Crippen LogP contribution is 2.22. The zero-order valence-corrected chi connectivity index (χ0v) is 17.5. The predicted molar refractivity (Wildman–Crippen MR) is 115 cm³/mol. The summed E-state index contributed by atoms with van der Waals surface area (Å²) in [5.41, 5.74) is 0.970. The Balaban J connectivity index is 1.46. The molecule has 1 aliphatic rings. The fourth-order valence-electron chi connectivity index (χ4n) is 4.11. The molecule has 1 unspecified atom stereocenters. The van der Waals surface area contributed by atoms with Crippen molar-refractivity contribution < 1.29 is 9.59 Å². The monoisotopic (exact) mass is 405 g/mol. The Bertz CT molecular complexity index is 1060. The quantitative estimate of drug-likeness (QED) is 0.668. The fraction of sp³-hybridized carbons (Fsp3) is 0.391. The summed E-state index contributed by atoms with van der Waals surface area (Å²) in [7, 11) is 1.84. The van der Waals surface area contributed by atoms with Crippen LogP contribution >= 0.6 is 0 Å². The first kappa shape index (κ1) is 20.1. The molecule has 7 nitrogen and oxygen atoms in total. The van der Waals surface area contributed by atoms with Crippen molar-refractivity contribution in [1.29, 1.82) is 0 Å². The maximum atomic E-state index is 13.2. The molecule has 0 N–H and O–H groups in total. The van der Waals surface area contributed by atoms with Crippen LogP contribution in [-0.2, 0) is 6.54 Å². The van der Waals surface area contributed by atoms with Gasteiger partial charge in [-0.05, 0) is 43.7 Å². The molecular formula is C23H27N5O2. The first-order chi connectivity index (χ1) is 14.6. The first-order valence-corrected chi connectivity index (χ1v) is 10.5. The summed E-state index contributed by atoms with van der Waals surface area (Å²) in [6, 6.07) is 11.6. The molecule has 30 heavy (non-hydrogen) atoms. The molecule has 3 heterocycles. The minimum absolute atomic E-state index is 0.0347. The number of aryl methyl sites for hydroxylation is 1. The molecule has 2 aromatic heterocycles. The SMILES string of the molecule is CCn1ccc(C(=O)N2CCCC(N(C)C(=O)c3nccc4ccccc34)CC2)n1. The van der Waals surface area contributed by atoms with Crippen LogP contribution in [0.3, 0.4) is 0 Å². The Kier molecular flexibility index (Phi) is 5.79. The van der Waals surface area contributed by atoms with Gasteiger partial charge in [0.1, 0.15) is 11.4 Å². The summed E-state index contributed by atoms with van der Waals surface area (Å²) < 4.78 is 1.76. The van der Waals surface area contributed by atoms with E-state index in [9.17, 15) is 9.59 Å². The van der Waals surface area contributed by atoms with Crippen LogP contribution in [0.5, 0.6) is 0 Å². The molecule has 1 aromatic carbocycles. The zero-order valence-electron chi connectivity index (χ0n) is 17.5. The maximum absolute atomic E-state index is 13.2. The van der Waals surface area contributed by atoms with Crippen LogP contribution in [-0.4, -0.2) is 62.6 Å². The van der Waals surface area contributed by atoms with Crippen LogP contribution < -0.4 is 0 Å². The van der Waals surface area contributed by atoms with Crippen molar-refractivity contribution in [3.8, 4) is 0 Å². The third-order valence-electron chi connectivity index (χ3n) is 5.91. The number of rotatable bonds is 4. The number of nitrogens with zero attached hydrogens (tertiary/aromatic N) is 5. The number of carbonyl (C=O) groups excluding carboxylic acids is 2. The molecule has 1 fully saturated rings. The molecule has 0 aliphatic carbocycles. The van der Waals surface area contributed by atoms with Gasteiger partial charge < -0.3 is 9.80 Å². The Labute approximate surface area is 176 Å². The molecule has 156 valence electrons. The maximum Gasteiger partial charge on any atom is 0.274 e. The molecule has 2 amide bonds. The topological polar surface area (TPSA) is 71.3 Å². The number of fused-ring (bicyclic) bond motifs is 1. The standard InChI is InChI=1S/C23H27N5O2/c1-3-28-16-12-20(25-28)22(29)27-14-6-8-18(11-15-27)26(2)23(30)21-19-9-5-4-7-17(19)10-13-24-21/h4-5,7,9-10,12-13,16,18H,3,6,8,11,14-15H2,1-2H3. The van der Waals surface area contributed by atoms with Crippen LogP contribution in [0.25, 0.3) is 10.8 Å². The van der Waals surface area contributed by atoms with Crippen molar-refractivity contribution in [3.05, 3.63) is 60.2 Å². The van der Waals surface area contributed by atoms with Gasteiger partial charge in [-0.1, -0.05) is 24.3 Å². The third kappa shape index (κ3) is 3.92. The van der Waals surface area contributed by atoms with Gasteiger partial charge in [0.2, 0.25) is 0 Å². The number of amides is 2. The van der Waals surface area contributed by atoms with E-state index in [4.69, 9.17) is 0 Å². The van der Waals surface area contributed by atoms with Gasteiger partial charge in [-0.25, -0.2) is 0 Å². The summed E-state index contributed by atoms with van der Waals surface area (Å²) in [5, 5.41) is 6.22. The lowest BCUT2D eigenvalue weighted by Gasteiger charge is -2.27. The van der Waals surface area contributed by atoms with E-state index in [1.54, 1.807) is 21.8 Å². The van der Waals surface area contributed by atoms with Gasteiger partial charge in [0, 0.05) is 50.5 Å². The number of benzene rings is 1. The van der Waals surface area contributed by atoms with E-state index in [1.165, 1.54) is 0 Å². The Morgan fingerprint density at radius 1 is 1.13 bits per heavy atom. The lowest BCUT2D eigenvalue weighted by atomic mass is 10.1. The zero-order chi connectivity index (χ0) is 21.1. The van der Waals surface area contributed by atoms with Crippen molar-refractivity contribution in [1.82, 2.24) is 24.6 Å². The van der Waals surface area contributed by atoms with Crippen LogP contribution in [0.2, 0.25) is 0 Å². The molecule has 7 heteroatoms. The summed E-state index contributed by atoms with van der Waals surface area (Å²) >= 11 is 0.